The van der Waals surface area contributed by atoms with Crippen LogP contribution >= 0.6 is 0 Å². The SMILES string of the molecule is CNCc1ccc(C(F)(F)F)nc1OCC1CCC1. The normalized spacial score (nSPS) is 16.2. The van der Waals surface area contributed by atoms with Gasteiger partial charge in [0.25, 0.3) is 0 Å². The van der Waals surface area contributed by atoms with Gasteiger partial charge in [-0.3, -0.25) is 0 Å². The molecule has 0 aromatic carbocycles. The lowest BCUT2D eigenvalue weighted by molar-refractivity contribution is -0.141. The van der Waals surface area contributed by atoms with Crippen molar-refractivity contribution in [1.29, 1.82) is 0 Å². The first-order valence-corrected chi connectivity index (χ1v) is 6.35. The Bertz CT molecular complexity index is 430. The number of rotatable bonds is 5. The lowest BCUT2D eigenvalue weighted by Gasteiger charge is -2.25. The molecule has 0 saturated heterocycles. The van der Waals surface area contributed by atoms with Crippen LogP contribution in [0.15, 0.2) is 12.1 Å². The van der Waals surface area contributed by atoms with Crippen LogP contribution in [0.3, 0.4) is 0 Å². The Labute approximate surface area is 110 Å². The smallest absolute Gasteiger partial charge is 0.433 e. The van der Waals surface area contributed by atoms with Crippen LogP contribution < -0.4 is 10.1 Å². The molecule has 1 aromatic rings. The molecule has 0 aliphatic heterocycles. The molecule has 1 N–H and O–H groups in total. The fourth-order valence-corrected chi connectivity index (χ4v) is 1.93. The monoisotopic (exact) mass is 274 g/mol. The molecule has 0 bridgehead atoms. The van der Waals surface area contributed by atoms with Crippen LogP contribution in [-0.4, -0.2) is 18.6 Å². The van der Waals surface area contributed by atoms with E-state index in [4.69, 9.17) is 4.74 Å². The summed E-state index contributed by atoms with van der Waals surface area (Å²) in [7, 11) is 1.73. The quantitative estimate of drug-likeness (QED) is 0.896. The summed E-state index contributed by atoms with van der Waals surface area (Å²) in [6.45, 7) is 0.885. The predicted octanol–water partition coefficient (Wildman–Crippen LogP) is 3.00. The minimum absolute atomic E-state index is 0.0936. The highest BCUT2D eigenvalue weighted by Crippen LogP contribution is 2.31. The molecule has 1 aliphatic carbocycles. The molecule has 1 saturated carbocycles. The molecule has 1 aromatic heterocycles. The van der Waals surface area contributed by atoms with E-state index >= 15 is 0 Å². The molecule has 1 aliphatic rings. The van der Waals surface area contributed by atoms with E-state index in [9.17, 15) is 13.2 Å². The van der Waals surface area contributed by atoms with Crippen molar-refractivity contribution in [2.45, 2.75) is 32.0 Å². The number of pyridine rings is 1. The molecule has 0 atom stereocenters. The summed E-state index contributed by atoms with van der Waals surface area (Å²) in [5, 5.41) is 2.90. The highest BCUT2D eigenvalue weighted by molar-refractivity contribution is 5.29. The van der Waals surface area contributed by atoms with Gasteiger partial charge in [-0.25, -0.2) is 4.98 Å². The van der Waals surface area contributed by atoms with Gasteiger partial charge in [-0.2, -0.15) is 13.2 Å². The number of halogens is 3. The highest BCUT2D eigenvalue weighted by Gasteiger charge is 2.33. The Morgan fingerprint density at radius 2 is 2.11 bits per heavy atom. The van der Waals surface area contributed by atoms with Crippen molar-refractivity contribution in [1.82, 2.24) is 10.3 Å². The topological polar surface area (TPSA) is 34.2 Å². The average Bonchev–Trinajstić information content (AvgIpc) is 2.28. The van der Waals surface area contributed by atoms with Gasteiger partial charge in [0, 0.05) is 12.1 Å². The van der Waals surface area contributed by atoms with Crippen LogP contribution in [0.4, 0.5) is 13.2 Å². The second-order valence-corrected chi connectivity index (χ2v) is 4.80. The number of alkyl halides is 3. The van der Waals surface area contributed by atoms with Gasteiger partial charge in [0.2, 0.25) is 5.88 Å². The maximum atomic E-state index is 12.6. The molecular weight excluding hydrogens is 257 g/mol. The third-order valence-electron chi connectivity index (χ3n) is 3.28. The summed E-state index contributed by atoms with van der Waals surface area (Å²) in [5.74, 6) is 0.551. The molecule has 1 heterocycles. The first-order valence-electron chi connectivity index (χ1n) is 6.35. The van der Waals surface area contributed by atoms with Gasteiger partial charge in [0.05, 0.1) is 6.61 Å². The molecule has 0 radical (unpaired) electrons. The largest absolute Gasteiger partial charge is 0.477 e. The van der Waals surface area contributed by atoms with Crippen molar-refractivity contribution in [2.75, 3.05) is 13.7 Å². The standard InChI is InChI=1S/C13H17F3N2O/c1-17-7-10-5-6-11(13(14,15)16)18-12(10)19-8-9-3-2-4-9/h5-6,9,17H,2-4,7-8H2,1H3. The second kappa shape index (κ2) is 5.77. The molecule has 0 unspecified atom stereocenters. The van der Waals surface area contributed by atoms with E-state index in [0.29, 0.717) is 24.6 Å². The van der Waals surface area contributed by atoms with Gasteiger partial charge in [0.1, 0.15) is 5.69 Å². The summed E-state index contributed by atoms with van der Waals surface area (Å²) < 4.78 is 43.4. The molecule has 0 amide bonds. The maximum Gasteiger partial charge on any atom is 0.433 e. The van der Waals surface area contributed by atoms with Crippen molar-refractivity contribution < 1.29 is 17.9 Å². The van der Waals surface area contributed by atoms with E-state index in [1.54, 1.807) is 7.05 Å². The van der Waals surface area contributed by atoms with Crippen molar-refractivity contribution in [3.8, 4) is 5.88 Å². The lowest BCUT2D eigenvalue weighted by Crippen LogP contribution is -2.21. The zero-order valence-electron chi connectivity index (χ0n) is 10.8. The predicted molar refractivity (Wildman–Crippen MR) is 64.8 cm³/mol. The Morgan fingerprint density at radius 1 is 1.37 bits per heavy atom. The zero-order chi connectivity index (χ0) is 13.9. The number of hydrogen-bond donors (Lipinski definition) is 1. The number of ether oxygens (including phenoxy) is 1. The fourth-order valence-electron chi connectivity index (χ4n) is 1.93. The van der Waals surface area contributed by atoms with Crippen LogP contribution in [0.1, 0.15) is 30.5 Å². The molecule has 6 heteroatoms. The second-order valence-electron chi connectivity index (χ2n) is 4.80. The van der Waals surface area contributed by atoms with E-state index in [0.717, 1.165) is 18.9 Å². The molecule has 106 valence electrons. The molecule has 0 spiro atoms. The summed E-state index contributed by atoms with van der Waals surface area (Å²) >= 11 is 0. The Morgan fingerprint density at radius 3 is 2.63 bits per heavy atom. The van der Waals surface area contributed by atoms with Crippen LogP contribution in [0.2, 0.25) is 0 Å². The third kappa shape index (κ3) is 3.59. The highest BCUT2D eigenvalue weighted by atomic mass is 19.4. The number of nitrogens with one attached hydrogen (secondary N) is 1. The summed E-state index contributed by atoms with van der Waals surface area (Å²) in [5.41, 5.74) is -0.259. The van der Waals surface area contributed by atoms with Crippen molar-refractivity contribution in [3.63, 3.8) is 0 Å². The van der Waals surface area contributed by atoms with Crippen molar-refractivity contribution in [3.05, 3.63) is 23.4 Å². The molecule has 1 fully saturated rings. The molecular formula is C13H17F3N2O. The first kappa shape index (κ1) is 14.1. The van der Waals surface area contributed by atoms with Crippen LogP contribution in [0.25, 0.3) is 0 Å². The number of aromatic nitrogens is 1. The van der Waals surface area contributed by atoms with E-state index in [1.807, 2.05) is 0 Å². The minimum Gasteiger partial charge on any atom is -0.477 e. The van der Waals surface area contributed by atoms with Gasteiger partial charge >= 0.3 is 6.18 Å². The van der Waals surface area contributed by atoms with Gasteiger partial charge in [-0.05, 0) is 31.9 Å². The van der Waals surface area contributed by atoms with E-state index in [-0.39, 0.29) is 5.88 Å². The van der Waals surface area contributed by atoms with E-state index in [2.05, 4.69) is 10.3 Å². The van der Waals surface area contributed by atoms with Gasteiger partial charge in [-0.1, -0.05) is 12.5 Å². The summed E-state index contributed by atoms with van der Waals surface area (Å²) in [6.07, 6.45) is -1.10. The zero-order valence-corrected chi connectivity index (χ0v) is 10.8. The van der Waals surface area contributed by atoms with Gasteiger partial charge in [0.15, 0.2) is 0 Å². The van der Waals surface area contributed by atoms with Crippen LogP contribution in [0.5, 0.6) is 5.88 Å². The van der Waals surface area contributed by atoms with Crippen molar-refractivity contribution >= 4 is 0 Å². The molecule has 2 rings (SSSR count). The third-order valence-corrected chi connectivity index (χ3v) is 3.28. The number of nitrogens with zero attached hydrogens (tertiary/aromatic N) is 1. The van der Waals surface area contributed by atoms with Crippen LogP contribution in [0, 0.1) is 5.92 Å². The summed E-state index contributed by atoms with van der Waals surface area (Å²) in [4.78, 5) is 3.61. The van der Waals surface area contributed by atoms with Gasteiger partial charge in [-0.15, -0.1) is 0 Å². The lowest BCUT2D eigenvalue weighted by atomic mass is 9.86. The number of hydrogen-bond acceptors (Lipinski definition) is 3. The van der Waals surface area contributed by atoms with E-state index < -0.39 is 11.9 Å². The Kier molecular flexibility index (Phi) is 4.29. The minimum atomic E-state index is -4.44. The first-order chi connectivity index (χ1) is 9.00. The Balaban J connectivity index is 2.14. The van der Waals surface area contributed by atoms with Gasteiger partial charge < -0.3 is 10.1 Å². The van der Waals surface area contributed by atoms with Crippen LogP contribution in [-0.2, 0) is 12.7 Å². The maximum absolute atomic E-state index is 12.6. The fraction of sp³-hybridized carbons (Fsp3) is 0.615. The average molecular weight is 274 g/mol. The molecule has 3 nitrogen and oxygen atoms in total. The Hall–Kier alpha value is -1.30. The van der Waals surface area contributed by atoms with Crippen molar-refractivity contribution in [2.24, 2.45) is 5.92 Å². The summed E-state index contributed by atoms with van der Waals surface area (Å²) in [6, 6.07) is 2.41. The molecule has 19 heavy (non-hydrogen) atoms. The van der Waals surface area contributed by atoms with E-state index in [1.165, 1.54) is 12.5 Å².